The van der Waals surface area contributed by atoms with E-state index in [1.807, 2.05) is 32.2 Å². The van der Waals surface area contributed by atoms with Crippen molar-refractivity contribution in [3.63, 3.8) is 0 Å². The SMILES string of the molecule is CN(C)C[C@@H]1OCCN(C(=O)c2ccn[nH]2)[C@H]1c1cnn(C)c1. The number of amides is 1. The molecule has 1 fully saturated rings. The molecule has 2 aromatic heterocycles. The number of rotatable bonds is 4. The highest BCUT2D eigenvalue weighted by Crippen LogP contribution is 2.30. The number of aromatic nitrogens is 4. The molecule has 2 atom stereocenters. The third kappa shape index (κ3) is 3.27. The van der Waals surface area contributed by atoms with Crippen LogP contribution in [-0.2, 0) is 11.8 Å². The van der Waals surface area contributed by atoms with E-state index in [9.17, 15) is 4.79 Å². The molecule has 0 bridgehead atoms. The van der Waals surface area contributed by atoms with Crippen molar-refractivity contribution in [2.24, 2.45) is 7.05 Å². The maximum atomic E-state index is 12.8. The first-order chi connectivity index (χ1) is 11.1. The van der Waals surface area contributed by atoms with Gasteiger partial charge in [0.25, 0.3) is 5.91 Å². The van der Waals surface area contributed by atoms with Crippen LogP contribution in [0.3, 0.4) is 0 Å². The average Bonchev–Trinajstić information content (AvgIpc) is 3.17. The Labute approximate surface area is 135 Å². The maximum Gasteiger partial charge on any atom is 0.272 e. The van der Waals surface area contributed by atoms with Crippen LogP contribution in [0.2, 0.25) is 0 Å². The van der Waals surface area contributed by atoms with E-state index in [-0.39, 0.29) is 18.1 Å². The molecule has 1 N–H and O–H groups in total. The number of hydrogen-bond acceptors (Lipinski definition) is 5. The minimum absolute atomic E-state index is 0.0663. The molecule has 8 heteroatoms. The molecule has 1 saturated heterocycles. The maximum absolute atomic E-state index is 12.8. The highest BCUT2D eigenvalue weighted by Gasteiger charge is 2.38. The number of hydrogen-bond donors (Lipinski definition) is 1. The summed E-state index contributed by atoms with van der Waals surface area (Å²) in [5.74, 6) is -0.0663. The lowest BCUT2D eigenvalue weighted by Crippen LogP contribution is -2.51. The lowest BCUT2D eigenvalue weighted by molar-refractivity contribution is -0.0686. The van der Waals surface area contributed by atoms with Gasteiger partial charge in [-0.25, -0.2) is 0 Å². The molecule has 1 amide bonds. The summed E-state index contributed by atoms with van der Waals surface area (Å²) in [7, 11) is 5.87. The smallest absolute Gasteiger partial charge is 0.272 e. The Morgan fingerprint density at radius 2 is 2.35 bits per heavy atom. The molecule has 124 valence electrons. The molecular weight excluding hydrogens is 296 g/mol. The number of aromatic amines is 1. The van der Waals surface area contributed by atoms with E-state index < -0.39 is 0 Å². The predicted molar refractivity (Wildman–Crippen MR) is 83.9 cm³/mol. The second-order valence-corrected chi connectivity index (χ2v) is 6.03. The lowest BCUT2D eigenvalue weighted by atomic mass is 10.00. The van der Waals surface area contributed by atoms with Crippen LogP contribution in [0, 0.1) is 0 Å². The summed E-state index contributed by atoms with van der Waals surface area (Å²) >= 11 is 0. The number of morpholine rings is 1. The van der Waals surface area contributed by atoms with Crippen LogP contribution in [0.4, 0.5) is 0 Å². The third-order valence-electron chi connectivity index (χ3n) is 3.96. The Bertz CT molecular complexity index is 651. The number of carbonyl (C=O) groups excluding carboxylic acids is 1. The zero-order valence-electron chi connectivity index (χ0n) is 13.6. The molecule has 0 aliphatic carbocycles. The van der Waals surface area contributed by atoms with Gasteiger partial charge in [0.2, 0.25) is 0 Å². The molecule has 2 aromatic rings. The number of carbonyl (C=O) groups is 1. The van der Waals surface area contributed by atoms with E-state index >= 15 is 0 Å². The van der Waals surface area contributed by atoms with Gasteiger partial charge in [0.15, 0.2) is 0 Å². The van der Waals surface area contributed by atoms with E-state index in [1.165, 1.54) is 0 Å². The van der Waals surface area contributed by atoms with E-state index in [0.717, 1.165) is 12.1 Å². The quantitative estimate of drug-likeness (QED) is 0.876. The molecular formula is C15H22N6O2. The molecule has 0 aromatic carbocycles. The van der Waals surface area contributed by atoms with Crippen molar-refractivity contribution >= 4 is 5.91 Å². The van der Waals surface area contributed by atoms with Crippen molar-refractivity contribution in [1.82, 2.24) is 29.8 Å². The van der Waals surface area contributed by atoms with Gasteiger partial charge in [-0.05, 0) is 20.2 Å². The molecule has 1 aliphatic rings. The second-order valence-electron chi connectivity index (χ2n) is 6.03. The van der Waals surface area contributed by atoms with Gasteiger partial charge in [-0.3, -0.25) is 14.6 Å². The lowest BCUT2D eigenvalue weighted by Gasteiger charge is -2.41. The van der Waals surface area contributed by atoms with Gasteiger partial charge in [0.05, 0.1) is 24.9 Å². The molecule has 0 saturated carbocycles. The highest BCUT2D eigenvalue weighted by molar-refractivity contribution is 5.92. The first-order valence-electron chi connectivity index (χ1n) is 7.61. The minimum atomic E-state index is -0.171. The van der Waals surface area contributed by atoms with Gasteiger partial charge in [0, 0.05) is 38.1 Å². The van der Waals surface area contributed by atoms with Crippen LogP contribution in [0.5, 0.6) is 0 Å². The zero-order chi connectivity index (χ0) is 16.4. The van der Waals surface area contributed by atoms with Crippen LogP contribution < -0.4 is 0 Å². The Kier molecular flexibility index (Phi) is 4.44. The number of nitrogens with one attached hydrogen (secondary N) is 1. The highest BCUT2D eigenvalue weighted by atomic mass is 16.5. The van der Waals surface area contributed by atoms with Crippen molar-refractivity contribution in [2.75, 3.05) is 33.8 Å². The molecule has 3 heterocycles. The molecule has 0 radical (unpaired) electrons. The average molecular weight is 318 g/mol. The molecule has 0 spiro atoms. The summed E-state index contributed by atoms with van der Waals surface area (Å²) in [6.45, 7) is 1.79. The molecule has 23 heavy (non-hydrogen) atoms. The van der Waals surface area contributed by atoms with Crippen molar-refractivity contribution < 1.29 is 9.53 Å². The van der Waals surface area contributed by atoms with Gasteiger partial charge in [-0.2, -0.15) is 10.2 Å². The standard InChI is InChI=1S/C15H22N6O2/c1-19(2)10-13-14(11-8-17-20(3)9-11)21(6-7-23-13)15(22)12-4-5-16-18-12/h4-5,8-9,13-14H,6-7,10H2,1-3H3,(H,16,18)/t13-,14-/m0/s1. The van der Waals surface area contributed by atoms with Crippen molar-refractivity contribution in [2.45, 2.75) is 12.1 Å². The van der Waals surface area contributed by atoms with Crippen LogP contribution in [-0.4, -0.2) is 75.6 Å². The summed E-state index contributed by atoms with van der Waals surface area (Å²) in [4.78, 5) is 16.8. The van der Waals surface area contributed by atoms with Gasteiger partial charge >= 0.3 is 0 Å². The zero-order valence-corrected chi connectivity index (χ0v) is 13.6. The fourth-order valence-electron chi connectivity index (χ4n) is 2.99. The number of H-pyrrole nitrogens is 1. The summed E-state index contributed by atoms with van der Waals surface area (Å²) in [5.41, 5.74) is 1.47. The molecule has 3 rings (SSSR count). The van der Waals surface area contributed by atoms with E-state index in [1.54, 1.807) is 23.1 Å². The third-order valence-corrected chi connectivity index (χ3v) is 3.96. The summed E-state index contributed by atoms with van der Waals surface area (Å²) in [5, 5.41) is 10.9. The number of ether oxygens (including phenoxy) is 1. The van der Waals surface area contributed by atoms with Gasteiger partial charge in [-0.15, -0.1) is 0 Å². The van der Waals surface area contributed by atoms with E-state index in [2.05, 4.69) is 20.2 Å². The van der Waals surface area contributed by atoms with Gasteiger partial charge in [-0.1, -0.05) is 0 Å². The van der Waals surface area contributed by atoms with Crippen LogP contribution >= 0.6 is 0 Å². The van der Waals surface area contributed by atoms with Gasteiger partial charge in [0.1, 0.15) is 5.69 Å². The normalized spacial score (nSPS) is 21.8. The molecule has 1 aliphatic heterocycles. The Hall–Kier alpha value is -2.19. The predicted octanol–water partition coefficient (Wildman–Crippen LogP) is 0.287. The molecule has 8 nitrogen and oxygen atoms in total. The topological polar surface area (TPSA) is 79.3 Å². The summed E-state index contributed by atoms with van der Waals surface area (Å²) in [6, 6.07) is 1.52. The van der Waals surface area contributed by atoms with E-state index in [0.29, 0.717) is 18.8 Å². The second kappa shape index (κ2) is 6.51. The summed E-state index contributed by atoms with van der Waals surface area (Å²) in [6.07, 6.45) is 5.23. The first kappa shape index (κ1) is 15.7. The van der Waals surface area contributed by atoms with E-state index in [4.69, 9.17) is 4.74 Å². The monoisotopic (exact) mass is 318 g/mol. The van der Waals surface area contributed by atoms with Crippen molar-refractivity contribution in [3.8, 4) is 0 Å². The number of nitrogens with zero attached hydrogens (tertiary/aromatic N) is 5. The number of aryl methyl sites for hydroxylation is 1. The van der Waals surface area contributed by atoms with Crippen LogP contribution in [0.1, 0.15) is 22.1 Å². The van der Waals surface area contributed by atoms with Crippen LogP contribution in [0.25, 0.3) is 0 Å². The Balaban J connectivity index is 1.93. The fraction of sp³-hybridized carbons (Fsp3) is 0.533. The van der Waals surface area contributed by atoms with Crippen molar-refractivity contribution in [3.05, 3.63) is 35.9 Å². The van der Waals surface area contributed by atoms with Gasteiger partial charge < -0.3 is 14.5 Å². The van der Waals surface area contributed by atoms with Crippen LogP contribution in [0.15, 0.2) is 24.7 Å². The first-order valence-corrected chi connectivity index (χ1v) is 7.61. The summed E-state index contributed by atoms with van der Waals surface area (Å²) < 4.78 is 7.71. The fourth-order valence-corrected chi connectivity index (χ4v) is 2.99. The Morgan fingerprint density at radius 1 is 1.52 bits per heavy atom. The minimum Gasteiger partial charge on any atom is -0.373 e. The van der Waals surface area contributed by atoms with Crippen molar-refractivity contribution in [1.29, 1.82) is 0 Å². The molecule has 0 unspecified atom stereocenters. The Morgan fingerprint density at radius 3 is 2.96 bits per heavy atom. The largest absolute Gasteiger partial charge is 0.373 e. The number of likely N-dealkylation sites (N-methyl/N-ethyl adjacent to an activating group) is 1.